The number of aryl methyl sites for hydroxylation is 1. The molecular weight excluding hydrogens is 232 g/mol. The monoisotopic (exact) mass is 240 g/mol. The predicted octanol–water partition coefficient (Wildman–Crippen LogP) is 1.18. The van der Waals surface area contributed by atoms with E-state index in [1.54, 1.807) is 0 Å². The first-order valence-corrected chi connectivity index (χ1v) is 4.90. The van der Waals surface area contributed by atoms with E-state index in [1.807, 2.05) is 13.8 Å². The van der Waals surface area contributed by atoms with Gasteiger partial charge in [-0.3, -0.25) is 0 Å². The minimum Gasteiger partial charge on any atom is -0.463 e. The van der Waals surface area contributed by atoms with Gasteiger partial charge in [-0.1, -0.05) is 11.6 Å². The van der Waals surface area contributed by atoms with E-state index in [2.05, 4.69) is 19.8 Å². The first-order valence-electron chi connectivity index (χ1n) is 4.52. The number of nitrogens with zero attached hydrogens (tertiary/aromatic N) is 4. The second kappa shape index (κ2) is 3.71. The average Bonchev–Trinajstić information content (AvgIpc) is 2.69. The summed E-state index contributed by atoms with van der Waals surface area (Å²) in [5.41, 5.74) is 1.55. The second-order valence-electron chi connectivity index (χ2n) is 3.25. The summed E-state index contributed by atoms with van der Waals surface area (Å²) in [5, 5.41) is 4.32. The summed E-state index contributed by atoms with van der Waals surface area (Å²) in [6.45, 7) is 3.64. The molecule has 2 aromatic heterocycles. The Morgan fingerprint density at radius 1 is 1.38 bits per heavy atom. The van der Waals surface area contributed by atoms with Crippen molar-refractivity contribution in [3.05, 3.63) is 22.2 Å². The van der Waals surface area contributed by atoms with Crippen LogP contribution in [0.5, 0.6) is 0 Å². The third-order valence-electron chi connectivity index (χ3n) is 2.26. The quantitative estimate of drug-likeness (QED) is 0.553. The molecule has 2 rings (SSSR count). The van der Waals surface area contributed by atoms with Crippen molar-refractivity contribution in [2.75, 3.05) is 7.11 Å². The van der Waals surface area contributed by atoms with Crippen LogP contribution in [0.2, 0.25) is 5.15 Å². The highest BCUT2D eigenvalue weighted by Gasteiger charge is 2.17. The molecule has 0 spiro atoms. The van der Waals surface area contributed by atoms with Crippen LogP contribution in [0.15, 0.2) is 0 Å². The van der Waals surface area contributed by atoms with Gasteiger partial charge in [0.2, 0.25) is 0 Å². The van der Waals surface area contributed by atoms with Crippen LogP contribution in [0.1, 0.15) is 21.9 Å². The topological polar surface area (TPSA) is 69.4 Å². The summed E-state index contributed by atoms with van der Waals surface area (Å²) >= 11 is 6.06. The van der Waals surface area contributed by atoms with Crippen molar-refractivity contribution in [2.24, 2.45) is 0 Å². The van der Waals surface area contributed by atoms with E-state index in [4.69, 9.17) is 11.6 Å². The van der Waals surface area contributed by atoms with Crippen molar-refractivity contribution in [1.29, 1.82) is 0 Å². The van der Waals surface area contributed by atoms with Crippen LogP contribution < -0.4 is 0 Å². The molecule has 0 aliphatic carbocycles. The molecule has 0 aromatic carbocycles. The Kier molecular flexibility index (Phi) is 2.51. The van der Waals surface area contributed by atoms with Gasteiger partial charge >= 0.3 is 5.97 Å². The zero-order valence-corrected chi connectivity index (χ0v) is 9.74. The van der Waals surface area contributed by atoms with Gasteiger partial charge in [0, 0.05) is 11.3 Å². The molecule has 0 aliphatic heterocycles. The lowest BCUT2D eigenvalue weighted by molar-refractivity contribution is 0.0587. The van der Waals surface area contributed by atoms with Crippen molar-refractivity contribution in [3.8, 4) is 0 Å². The number of rotatable bonds is 1. The van der Waals surface area contributed by atoms with Crippen molar-refractivity contribution < 1.29 is 9.53 Å². The molecule has 0 saturated carbocycles. The van der Waals surface area contributed by atoms with Gasteiger partial charge in [-0.2, -0.15) is 9.50 Å². The molecule has 0 unspecified atom stereocenters. The zero-order valence-electron chi connectivity index (χ0n) is 8.98. The van der Waals surface area contributed by atoms with Crippen LogP contribution in [-0.4, -0.2) is 32.7 Å². The molecule has 0 amide bonds. The summed E-state index contributed by atoms with van der Waals surface area (Å²) in [7, 11) is 1.26. The number of methoxy groups -OCH3 is 1. The molecule has 0 bridgehead atoms. The highest BCUT2D eigenvalue weighted by atomic mass is 35.5. The van der Waals surface area contributed by atoms with Gasteiger partial charge in [0.05, 0.1) is 7.11 Å². The average molecular weight is 241 g/mol. The van der Waals surface area contributed by atoms with Gasteiger partial charge in [-0.25, -0.2) is 9.78 Å². The van der Waals surface area contributed by atoms with Crippen LogP contribution >= 0.6 is 11.6 Å². The number of esters is 1. The molecule has 16 heavy (non-hydrogen) atoms. The van der Waals surface area contributed by atoms with E-state index in [-0.39, 0.29) is 11.6 Å². The van der Waals surface area contributed by atoms with Crippen LogP contribution in [0, 0.1) is 13.8 Å². The maximum atomic E-state index is 11.2. The Balaban J connectivity index is 2.71. The fourth-order valence-electron chi connectivity index (χ4n) is 1.23. The van der Waals surface area contributed by atoms with Gasteiger partial charge in [-0.15, -0.1) is 5.10 Å². The Morgan fingerprint density at radius 2 is 2.06 bits per heavy atom. The number of fused-ring (bicyclic) bond motifs is 1. The molecule has 0 fully saturated rings. The Morgan fingerprint density at radius 3 is 2.69 bits per heavy atom. The molecular formula is C9H9ClN4O2. The summed E-state index contributed by atoms with van der Waals surface area (Å²) in [6.07, 6.45) is 0. The zero-order chi connectivity index (χ0) is 11.9. The van der Waals surface area contributed by atoms with Crippen molar-refractivity contribution in [2.45, 2.75) is 13.8 Å². The Labute approximate surface area is 96.2 Å². The first-order chi connectivity index (χ1) is 7.54. The SMILES string of the molecule is COC(=O)c1nc2nc(C)c(C)c(Cl)n2n1. The lowest BCUT2D eigenvalue weighted by Crippen LogP contribution is -2.04. The summed E-state index contributed by atoms with van der Waals surface area (Å²) in [4.78, 5) is 19.3. The molecule has 0 saturated heterocycles. The van der Waals surface area contributed by atoms with Crippen LogP contribution in [0.4, 0.5) is 0 Å². The highest BCUT2D eigenvalue weighted by molar-refractivity contribution is 6.30. The van der Waals surface area contributed by atoms with E-state index < -0.39 is 5.97 Å². The number of carbonyl (C=O) groups excluding carboxylic acids is 1. The van der Waals surface area contributed by atoms with E-state index in [0.717, 1.165) is 11.3 Å². The first kappa shape index (κ1) is 10.8. The van der Waals surface area contributed by atoms with E-state index in [0.29, 0.717) is 5.15 Å². The van der Waals surface area contributed by atoms with Crippen molar-refractivity contribution in [3.63, 3.8) is 0 Å². The predicted molar refractivity (Wildman–Crippen MR) is 56.6 cm³/mol. The van der Waals surface area contributed by atoms with Crippen molar-refractivity contribution in [1.82, 2.24) is 19.6 Å². The van der Waals surface area contributed by atoms with Gasteiger partial charge in [0.15, 0.2) is 0 Å². The lowest BCUT2D eigenvalue weighted by Gasteiger charge is -2.02. The van der Waals surface area contributed by atoms with Gasteiger partial charge in [-0.05, 0) is 13.8 Å². The Hall–Kier alpha value is -1.69. The number of halogens is 1. The molecule has 2 heterocycles. The van der Waals surface area contributed by atoms with Gasteiger partial charge < -0.3 is 4.74 Å². The van der Waals surface area contributed by atoms with Crippen LogP contribution in [0.25, 0.3) is 5.78 Å². The molecule has 2 aromatic rings. The van der Waals surface area contributed by atoms with Gasteiger partial charge in [0.25, 0.3) is 11.6 Å². The van der Waals surface area contributed by atoms with Crippen LogP contribution in [0.3, 0.4) is 0 Å². The van der Waals surface area contributed by atoms with E-state index in [9.17, 15) is 4.79 Å². The largest absolute Gasteiger partial charge is 0.463 e. The number of ether oxygens (including phenoxy) is 1. The normalized spacial score (nSPS) is 10.8. The summed E-state index contributed by atoms with van der Waals surface area (Å²) in [5.74, 6) is -0.382. The molecule has 7 heteroatoms. The number of hydrogen-bond donors (Lipinski definition) is 0. The molecule has 84 valence electrons. The maximum Gasteiger partial charge on any atom is 0.378 e. The minimum atomic E-state index is -0.614. The lowest BCUT2D eigenvalue weighted by atomic mass is 10.3. The van der Waals surface area contributed by atoms with E-state index in [1.165, 1.54) is 11.6 Å². The molecule has 0 atom stereocenters. The summed E-state index contributed by atoms with van der Waals surface area (Å²) < 4.78 is 5.83. The van der Waals surface area contributed by atoms with Gasteiger partial charge in [0.1, 0.15) is 5.15 Å². The molecule has 0 N–H and O–H groups in total. The highest BCUT2D eigenvalue weighted by Crippen LogP contribution is 2.17. The third kappa shape index (κ3) is 1.51. The second-order valence-corrected chi connectivity index (χ2v) is 3.61. The maximum absolute atomic E-state index is 11.2. The standard InChI is InChI=1S/C9H9ClN4O2/c1-4-5(2)11-9-12-7(8(15)16-3)13-14(9)6(4)10/h1-3H3. The van der Waals surface area contributed by atoms with E-state index >= 15 is 0 Å². The van der Waals surface area contributed by atoms with Crippen molar-refractivity contribution >= 4 is 23.3 Å². The summed E-state index contributed by atoms with van der Waals surface area (Å²) in [6, 6.07) is 0. The molecule has 0 aliphatic rings. The third-order valence-corrected chi connectivity index (χ3v) is 2.71. The minimum absolute atomic E-state index is 0.0538. The van der Waals surface area contributed by atoms with Crippen LogP contribution in [-0.2, 0) is 4.74 Å². The smallest absolute Gasteiger partial charge is 0.378 e. The number of aromatic nitrogens is 4. The fourth-order valence-corrected chi connectivity index (χ4v) is 1.48. The fraction of sp³-hybridized carbons (Fsp3) is 0.333. The molecule has 6 nitrogen and oxygen atoms in total. The Bertz CT molecular complexity index is 578. The number of hydrogen-bond acceptors (Lipinski definition) is 5. The molecule has 0 radical (unpaired) electrons. The number of carbonyl (C=O) groups is 1.